The van der Waals surface area contributed by atoms with Gasteiger partial charge in [0.25, 0.3) is 5.91 Å². The summed E-state index contributed by atoms with van der Waals surface area (Å²) in [4.78, 5) is 19.6. The van der Waals surface area contributed by atoms with Gasteiger partial charge in [-0.15, -0.1) is 0 Å². The third-order valence-electron chi connectivity index (χ3n) is 7.36. The molecule has 1 amide bonds. The van der Waals surface area contributed by atoms with Crippen LogP contribution in [0.1, 0.15) is 54.6 Å². The minimum atomic E-state index is -0.252. The van der Waals surface area contributed by atoms with Gasteiger partial charge in [0.15, 0.2) is 0 Å². The summed E-state index contributed by atoms with van der Waals surface area (Å²) < 4.78 is 5.38. The third-order valence-corrected chi connectivity index (χ3v) is 7.36. The van der Waals surface area contributed by atoms with Gasteiger partial charge >= 0.3 is 0 Å². The number of hydrogen-bond donors (Lipinski definition) is 3. The van der Waals surface area contributed by atoms with Gasteiger partial charge in [0.2, 0.25) is 0 Å². The Morgan fingerprint density at radius 2 is 1.88 bits per heavy atom. The van der Waals surface area contributed by atoms with E-state index < -0.39 is 0 Å². The number of amides is 1. The van der Waals surface area contributed by atoms with Crippen molar-refractivity contribution < 1.29 is 14.6 Å². The molecule has 7 heteroatoms. The quantitative estimate of drug-likeness (QED) is 0.666. The highest BCUT2D eigenvalue weighted by Crippen LogP contribution is 2.42. The van der Waals surface area contributed by atoms with Crippen LogP contribution in [0.5, 0.6) is 0 Å². The van der Waals surface area contributed by atoms with Crippen LogP contribution in [-0.4, -0.2) is 59.3 Å². The summed E-state index contributed by atoms with van der Waals surface area (Å²) in [5.74, 6) is 0.0363. The van der Waals surface area contributed by atoms with Crippen molar-refractivity contribution >= 4 is 11.7 Å². The number of aliphatic hydroxyl groups excluding tert-OH is 1. The van der Waals surface area contributed by atoms with E-state index in [4.69, 9.17) is 10.5 Å². The van der Waals surface area contributed by atoms with Crippen LogP contribution >= 0.6 is 0 Å². The van der Waals surface area contributed by atoms with Crippen molar-refractivity contribution in [3.8, 4) is 11.1 Å². The molecule has 32 heavy (non-hydrogen) atoms. The standard InChI is InChI=1S/C25H32N4O3/c1-16(29-12-25(13-29)14-32-15-25)17-2-4-18(5-3-17)19-10-22(23(26)27-11-19)24(31)28-20-6-8-21(30)9-7-20/h2-5,10-11,16,20-21,30H,6-9,12-15H2,1H3,(H2,26,27)(H,28,31). The lowest BCUT2D eigenvalue weighted by Gasteiger charge is -2.57. The summed E-state index contributed by atoms with van der Waals surface area (Å²) in [6, 6.07) is 10.8. The van der Waals surface area contributed by atoms with Gasteiger partial charge in [-0.2, -0.15) is 0 Å². The Labute approximate surface area is 189 Å². The first-order valence-electron chi connectivity index (χ1n) is 11.6. The van der Waals surface area contributed by atoms with Crippen molar-refractivity contribution in [1.29, 1.82) is 0 Å². The summed E-state index contributed by atoms with van der Waals surface area (Å²) in [6.45, 7) is 6.27. The van der Waals surface area contributed by atoms with Crippen molar-refractivity contribution in [1.82, 2.24) is 15.2 Å². The molecule has 170 valence electrons. The zero-order chi connectivity index (χ0) is 22.3. The van der Waals surface area contributed by atoms with Crippen LogP contribution in [-0.2, 0) is 4.74 Å². The first-order chi connectivity index (χ1) is 15.4. The number of nitrogens with two attached hydrogens (primary N) is 1. The lowest BCUT2D eigenvalue weighted by atomic mass is 9.76. The summed E-state index contributed by atoms with van der Waals surface area (Å²) in [5, 5.41) is 12.7. The number of carbonyl (C=O) groups is 1. The fourth-order valence-electron chi connectivity index (χ4n) is 5.13. The summed E-state index contributed by atoms with van der Waals surface area (Å²) in [6.07, 6.45) is 4.47. The van der Waals surface area contributed by atoms with E-state index in [2.05, 4.69) is 46.4 Å². The van der Waals surface area contributed by atoms with E-state index in [1.54, 1.807) is 6.20 Å². The van der Waals surface area contributed by atoms with E-state index in [0.29, 0.717) is 17.0 Å². The Balaban J connectivity index is 1.26. The van der Waals surface area contributed by atoms with E-state index >= 15 is 0 Å². The van der Waals surface area contributed by atoms with Gasteiger partial charge in [0, 0.05) is 42.3 Å². The Kier molecular flexibility index (Phi) is 5.65. The van der Waals surface area contributed by atoms with Gasteiger partial charge < -0.3 is 20.9 Å². The molecule has 1 aromatic heterocycles. The molecule has 1 atom stereocenters. The number of carbonyl (C=O) groups excluding carboxylic acids is 1. The molecule has 7 nitrogen and oxygen atoms in total. The first-order valence-corrected chi connectivity index (χ1v) is 11.6. The molecule has 3 aliphatic rings. The zero-order valence-electron chi connectivity index (χ0n) is 18.6. The maximum atomic E-state index is 12.8. The number of benzene rings is 1. The van der Waals surface area contributed by atoms with Crippen molar-refractivity contribution in [3.05, 3.63) is 47.7 Å². The Morgan fingerprint density at radius 3 is 2.50 bits per heavy atom. The van der Waals surface area contributed by atoms with Gasteiger partial charge in [-0.3, -0.25) is 9.69 Å². The number of hydrogen-bond acceptors (Lipinski definition) is 6. The highest BCUT2D eigenvalue weighted by Gasteiger charge is 2.50. The number of nitrogens with one attached hydrogen (secondary N) is 1. The highest BCUT2D eigenvalue weighted by atomic mass is 16.5. The molecule has 1 unspecified atom stereocenters. The minimum Gasteiger partial charge on any atom is -0.393 e. The fourth-order valence-corrected chi connectivity index (χ4v) is 5.13. The van der Waals surface area contributed by atoms with Gasteiger partial charge in [0.1, 0.15) is 5.82 Å². The summed E-state index contributed by atoms with van der Waals surface area (Å²) in [7, 11) is 0. The Hall–Kier alpha value is -2.48. The van der Waals surface area contributed by atoms with Crippen molar-refractivity contribution in [2.75, 3.05) is 32.0 Å². The number of rotatable bonds is 5. The van der Waals surface area contributed by atoms with E-state index in [1.807, 2.05) is 6.07 Å². The molecule has 1 aliphatic carbocycles. The maximum absolute atomic E-state index is 12.8. The Bertz CT molecular complexity index is 973. The van der Waals surface area contributed by atoms with Crippen LogP contribution in [0.3, 0.4) is 0 Å². The van der Waals surface area contributed by atoms with Crippen LogP contribution in [0.4, 0.5) is 5.82 Å². The molecule has 1 spiro atoms. The molecule has 1 aromatic carbocycles. The third kappa shape index (κ3) is 4.12. The molecule has 3 heterocycles. The number of aromatic nitrogens is 1. The van der Waals surface area contributed by atoms with Crippen molar-refractivity contribution in [2.45, 2.75) is 50.8 Å². The van der Waals surface area contributed by atoms with Crippen LogP contribution in [0.15, 0.2) is 36.5 Å². The number of aliphatic hydroxyl groups is 1. The van der Waals surface area contributed by atoms with E-state index in [-0.39, 0.29) is 23.9 Å². The van der Waals surface area contributed by atoms with Crippen molar-refractivity contribution in [3.63, 3.8) is 0 Å². The largest absolute Gasteiger partial charge is 0.393 e. The van der Waals surface area contributed by atoms with Gasteiger partial charge in [0.05, 0.1) is 24.9 Å². The van der Waals surface area contributed by atoms with Crippen LogP contribution in [0.2, 0.25) is 0 Å². The second kappa shape index (κ2) is 8.46. The highest BCUT2D eigenvalue weighted by molar-refractivity contribution is 5.99. The van der Waals surface area contributed by atoms with Crippen LogP contribution in [0, 0.1) is 5.41 Å². The lowest BCUT2D eigenvalue weighted by Crippen LogP contribution is -2.66. The van der Waals surface area contributed by atoms with Crippen LogP contribution < -0.4 is 11.1 Å². The van der Waals surface area contributed by atoms with Gasteiger partial charge in [-0.25, -0.2) is 4.98 Å². The topological polar surface area (TPSA) is 101 Å². The number of nitrogen functional groups attached to an aromatic ring is 1. The molecule has 0 radical (unpaired) electrons. The average molecular weight is 437 g/mol. The molecule has 1 saturated carbocycles. The van der Waals surface area contributed by atoms with Crippen molar-refractivity contribution in [2.24, 2.45) is 5.41 Å². The summed E-state index contributed by atoms with van der Waals surface area (Å²) >= 11 is 0. The second-order valence-corrected chi connectivity index (χ2v) is 9.83. The molecule has 3 fully saturated rings. The smallest absolute Gasteiger partial charge is 0.255 e. The first kappa shape index (κ1) is 21.4. The molecule has 2 saturated heterocycles. The average Bonchev–Trinajstić information content (AvgIpc) is 2.74. The molecule has 2 aliphatic heterocycles. The lowest BCUT2D eigenvalue weighted by molar-refractivity contribution is -0.197. The molecule has 2 aromatic rings. The van der Waals surface area contributed by atoms with Gasteiger partial charge in [-0.1, -0.05) is 24.3 Å². The van der Waals surface area contributed by atoms with Gasteiger partial charge in [-0.05, 0) is 49.8 Å². The summed E-state index contributed by atoms with van der Waals surface area (Å²) in [5.41, 5.74) is 10.0. The van der Waals surface area contributed by atoms with E-state index in [9.17, 15) is 9.90 Å². The Morgan fingerprint density at radius 1 is 1.19 bits per heavy atom. The van der Waals surface area contributed by atoms with Crippen LogP contribution in [0.25, 0.3) is 11.1 Å². The predicted molar refractivity (Wildman–Crippen MR) is 123 cm³/mol. The number of nitrogens with zero attached hydrogens (tertiary/aromatic N) is 2. The number of ether oxygens (including phenoxy) is 1. The number of pyridine rings is 1. The monoisotopic (exact) mass is 436 g/mol. The normalized spacial score (nSPS) is 25.6. The molecular formula is C25H32N4O3. The maximum Gasteiger partial charge on any atom is 0.255 e. The van der Waals surface area contributed by atoms with E-state index in [0.717, 1.165) is 63.1 Å². The molecule has 0 bridgehead atoms. The molecule has 5 rings (SSSR count). The number of anilines is 1. The minimum absolute atomic E-state index is 0.0712. The fraction of sp³-hybridized carbons (Fsp3) is 0.520. The SMILES string of the molecule is CC(c1ccc(-c2cnc(N)c(C(=O)NC3CCC(O)CC3)c2)cc1)N1CC2(COC2)C1. The molecule has 4 N–H and O–H groups in total. The zero-order valence-corrected chi connectivity index (χ0v) is 18.6. The predicted octanol–water partition coefficient (Wildman–Crippen LogP) is 2.76. The number of likely N-dealkylation sites (tertiary alicyclic amines) is 1. The second-order valence-electron chi connectivity index (χ2n) is 9.83. The molecular weight excluding hydrogens is 404 g/mol. The van der Waals surface area contributed by atoms with E-state index in [1.165, 1.54) is 5.56 Å².